The number of hydrogen-bond donors (Lipinski definition) is 4. The maximum Gasteiger partial charge on any atom is 0.321 e. The predicted octanol–water partition coefficient (Wildman–Crippen LogP) is 2.57. The van der Waals surface area contributed by atoms with Crippen LogP contribution in [-0.4, -0.2) is 45.7 Å². The first kappa shape index (κ1) is 22.2. The number of hydrogen-bond acceptors (Lipinski definition) is 6. The Morgan fingerprint density at radius 2 is 1.09 bits per heavy atom. The van der Waals surface area contributed by atoms with Crippen molar-refractivity contribution in [3.63, 3.8) is 0 Å². The Morgan fingerprint density at radius 1 is 0.818 bits per heavy atom. The van der Waals surface area contributed by atoms with Gasteiger partial charge in [-0.25, -0.2) is 0 Å². The van der Waals surface area contributed by atoms with E-state index in [9.17, 15) is 9.59 Å². The largest absolute Gasteiger partial charge is 0.480 e. The number of aliphatic carboxylic acids is 2. The van der Waals surface area contributed by atoms with E-state index in [1.165, 1.54) is 0 Å². The van der Waals surface area contributed by atoms with Crippen LogP contribution >= 0.6 is 69.9 Å². The van der Waals surface area contributed by atoms with Crippen LogP contribution in [0.5, 0.6) is 0 Å². The summed E-state index contributed by atoms with van der Waals surface area (Å²) < 4.78 is 0.0364. The number of allylic oxidation sites excluding steroid dienone is 2. The van der Waals surface area contributed by atoms with Crippen LogP contribution in [0.15, 0.2) is 18.8 Å². The molecule has 0 bridgehead atoms. The quantitative estimate of drug-likeness (QED) is 0.412. The van der Waals surface area contributed by atoms with Gasteiger partial charge < -0.3 is 21.7 Å². The third-order valence-electron chi connectivity index (χ3n) is 1.95. The molecule has 0 fully saturated rings. The lowest BCUT2D eigenvalue weighted by atomic mass is 10.4. The van der Waals surface area contributed by atoms with Crippen LogP contribution in [0.4, 0.5) is 0 Å². The molecule has 12 heteroatoms. The molecule has 0 saturated heterocycles. The van der Waals surface area contributed by atoms with Gasteiger partial charge in [0.05, 0.1) is 18.8 Å². The molecular weight excluding hydrogens is 418 g/mol. The smallest absolute Gasteiger partial charge is 0.321 e. The highest BCUT2D eigenvalue weighted by Gasteiger charge is 2.17. The fraction of sp³-hybridized carbons (Fsp3) is 0.400. The van der Waals surface area contributed by atoms with Gasteiger partial charge in [0.1, 0.15) is 12.1 Å². The molecule has 0 aromatic carbocycles. The summed E-state index contributed by atoms with van der Waals surface area (Å²) in [5.41, 5.74) is 10.6. The van der Waals surface area contributed by atoms with Crippen LogP contribution in [0.2, 0.25) is 0 Å². The van der Waals surface area contributed by atoms with Crippen molar-refractivity contribution in [3.05, 3.63) is 18.8 Å². The highest BCUT2D eigenvalue weighted by molar-refractivity contribution is 8.05. The predicted molar refractivity (Wildman–Crippen MR) is 93.6 cm³/mol. The average molecular weight is 430 g/mol. The molecule has 0 unspecified atom stereocenters. The molecule has 0 aliphatic carbocycles. The summed E-state index contributed by atoms with van der Waals surface area (Å²) >= 11 is 25.4. The van der Waals surface area contributed by atoms with Gasteiger partial charge in [-0.1, -0.05) is 46.4 Å². The van der Waals surface area contributed by atoms with Gasteiger partial charge >= 0.3 is 11.9 Å². The summed E-state index contributed by atoms with van der Waals surface area (Å²) in [4.78, 5) is 21.2. The maximum atomic E-state index is 10.6. The summed E-state index contributed by atoms with van der Waals surface area (Å²) in [7, 11) is 0. The molecule has 0 aromatic rings. The van der Waals surface area contributed by atoms with Crippen molar-refractivity contribution in [1.29, 1.82) is 0 Å². The summed E-state index contributed by atoms with van der Waals surface area (Å²) in [6.45, 7) is 0. The number of carboxylic acids is 2. The molecule has 0 rings (SSSR count). The standard InChI is InChI=1S/C10H12Cl4N2O4S2/c11-5(7(13)21-1-3(15)9(17)18)6(12)8(14)22-2-4(16)10(19)20/h3-4H,1-2,15-16H2,(H,17,18)(H,19,20)/t3-,4-/m0/s1. The van der Waals surface area contributed by atoms with Crippen molar-refractivity contribution in [1.82, 2.24) is 0 Å². The molecule has 6 nitrogen and oxygen atoms in total. The molecular formula is C10H12Cl4N2O4S2. The van der Waals surface area contributed by atoms with Gasteiger partial charge in [0, 0.05) is 11.5 Å². The average Bonchev–Trinajstić information content (AvgIpc) is 2.47. The molecule has 6 N–H and O–H groups in total. The minimum atomic E-state index is -1.18. The SMILES string of the molecule is N[C@@H](CSC(Cl)=C(Cl)C(Cl)=C(Cl)SC[C@H](N)C(=O)O)C(=O)O. The lowest BCUT2D eigenvalue weighted by Gasteiger charge is -2.09. The van der Waals surface area contributed by atoms with Crippen LogP contribution in [0.25, 0.3) is 0 Å². The fourth-order valence-corrected chi connectivity index (χ4v) is 3.45. The minimum Gasteiger partial charge on any atom is -0.480 e. The molecule has 0 saturated carbocycles. The summed E-state index contributed by atoms with van der Waals surface area (Å²) in [6, 6.07) is -2.21. The molecule has 0 aliphatic heterocycles. The van der Waals surface area contributed by atoms with E-state index in [2.05, 4.69) is 0 Å². The van der Waals surface area contributed by atoms with E-state index >= 15 is 0 Å². The van der Waals surface area contributed by atoms with Crippen LogP contribution in [0.1, 0.15) is 0 Å². The molecule has 0 spiro atoms. The fourth-order valence-electron chi connectivity index (χ4n) is 0.768. The molecule has 22 heavy (non-hydrogen) atoms. The van der Waals surface area contributed by atoms with E-state index in [0.717, 1.165) is 23.5 Å². The van der Waals surface area contributed by atoms with Crippen LogP contribution < -0.4 is 11.5 Å². The second kappa shape index (κ2) is 10.9. The highest BCUT2D eigenvalue weighted by Crippen LogP contribution is 2.38. The van der Waals surface area contributed by atoms with Crippen molar-refractivity contribution < 1.29 is 19.8 Å². The first-order chi connectivity index (χ1) is 10.1. The van der Waals surface area contributed by atoms with Crippen molar-refractivity contribution in [3.8, 4) is 0 Å². The molecule has 0 radical (unpaired) electrons. The van der Waals surface area contributed by atoms with Gasteiger partial charge in [-0.05, 0) is 0 Å². The number of nitrogens with two attached hydrogens (primary N) is 2. The first-order valence-corrected chi connectivity index (χ1v) is 8.89. The lowest BCUT2D eigenvalue weighted by molar-refractivity contribution is -0.138. The number of rotatable bonds is 9. The zero-order valence-electron chi connectivity index (χ0n) is 10.8. The van der Waals surface area contributed by atoms with Gasteiger partial charge in [0.15, 0.2) is 0 Å². The lowest BCUT2D eigenvalue weighted by Crippen LogP contribution is -2.32. The normalized spacial score (nSPS) is 16.5. The van der Waals surface area contributed by atoms with Gasteiger partial charge in [0.2, 0.25) is 0 Å². The zero-order chi connectivity index (χ0) is 17.4. The Balaban J connectivity index is 4.80. The van der Waals surface area contributed by atoms with E-state index in [1.54, 1.807) is 0 Å². The molecule has 126 valence electrons. The second-order valence-electron chi connectivity index (χ2n) is 3.69. The first-order valence-electron chi connectivity index (χ1n) is 5.41. The Labute approximate surface area is 155 Å². The van der Waals surface area contributed by atoms with Crippen LogP contribution in [0, 0.1) is 0 Å². The number of carboxylic acid groups (broad SMARTS) is 2. The van der Waals surface area contributed by atoms with Gasteiger partial charge in [0.25, 0.3) is 0 Å². The molecule has 0 aliphatic rings. The van der Waals surface area contributed by atoms with E-state index in [1.807, 2.05) is 0 Å². The molecule has 2 atom stereocenters. The minimum absolute atomic E-state index is 0.0107. The van der Waals surface area contributed by atoms with Gasteiger partial charge in [-0.15, -0.1) is 23.5 Å². The number of halogens is 4. The van der Waals surface area contributed by atoms with E-state index in [0.29, 0.717) is 0 Å². The maximum absolute atomic E-state index is 10.6. The van der Waals surface area contributed by atoms with Crippen LogP contribution in [0.3, 0.4) is 0 Å². The third kappa shape index (κ3) is 8.16. The number of thioether (sulfide) groups is 2. The van der Waals surface area contributed by atoms with Gasteiger partial charge in [-0.2, -0.15) is 0 Å². The van der Waals surface area contributed by atoms with Gasteiger partial charge in [-0.3, -0.25) is 9.59 Å². The topological polar surface area (TPSA) is 127 Å². The Morgan fingerprint density at radius 3 is 1.32 bits per heavy atom. The Bertz CT molecular complexity index is 457. The Hall–Kier alpha value is 0.200. The third-order valence-corrected chi connectivity index (χ3v) is 6.22. The molecule has 0 heterocycles. The monoisotopic (exact) mass is 428 g/mol. The van der Waals surface area contributed by atoms with Crippen molar-refractivity contribution in [2.75, 3.05) is 11.5 Å². The van der Waals surface area contributed by atoms with Crippen LogP contribution in [-0.2, 0) is 9.59 Å². The molecule has 0 aromatic heterocycles. The summed E-state index contributed by atoms with van der Waals surface area (Å²) in [6.07, 6.45) is 0. The summed E-state index contributed by atoms with van der Waals surface area (Å²) in [5, 5.41) is 17.1. The number of carbonyl (C=O) groups is 2. The zero-order valence-corrected chi connectivity index (χ0v) is 15.4. The Kier molecular flexibility index (Phi) is 11.0. The van der Waals surface area contributed by atoms with E-state index < -0.39 is 24.0 Å². The van der Waals surface area contributed by atoms with E-state index in [4.69, 9.17) is 68.1 Å². The van der Waals surface area contributed by atoms with Crippen molar-refractivity contribution in [2.45, 2.75) is 12.1 Å². The second-order valence-corrected chi connectivity index (χ2v) is 7.71. The van der Waals surface area contributed by atoms with Crippen molar-refractivity contribution >= 4 is 81.9 Å². The molecule has 0 amide bonds. The van der Waals surface area contributed by atoms with E-state index in [-0.39, 0.29) is 30.3 Å². The summed E-state index contributed by atoms with van der Waals surface area (Å²) in [5.74, 6) is -2.37. The highest BCUT2D eigenvalue weighted by atomic mass is 35.5. The van der Waals surface area contributed by atoms with Crippen molar-refractivity contribution in [2.24, 2.45) is 11.5 Å².